The van der Waals surface area contributed by atoms with E-state index in [1.807, 2.05) is 0 Å². The topological polar surface area (TPSA) is 72.9 Å². The molecule has 0 spiro atoms. The third-order valence-electron chi connectivity index (χ3n) is 4.05. The number of nitrogens with one attached hydrogen (secondary N) is 1. The number of hydrogen-bond acceptors (Lipinski definition) is 4. The first-order valence-corrected chi connectivity index (χ1v) is 8.42. The van der Waals surface area contributed by atoms with Gasteiger partial charge in [0.25, 0.3) is 0 Å². The Morgan fingerprint density at radius 1 is 1.50 bits per heavy atom. The van der Waals surface area contributed by atoms with Crippen LogP contribution in [0.1, 0.15) is 33.2 Å². The number of carbonyl (C=O) groups excluding carboxylic acids is 1. The Morgan fingerprint density at radius 2 is 2.29 bits per heavy atom. The lowest BCUT2D eigenvalue weighted by Gasteiger charge is -2.23. The van der Waals surface area contributed by atoms with Gasteiger partial charge >= 0.3 is 6.18 Å². The summed E-state index contributed by atoms with van der Waals surface area (Å²) in [4.78, 5) is 15.7. The van der Waals surface area contributed by atoms with E-state index >= 15 is 0 Å². The number of halogens is 3. The van der Waals surface area contributed by atoms with Gasteiger partial charge in [0.15, 0.2) is 5.69 Å². The fraction of sp³-hybridized carbons (Fsp3) is 0.467. The van der Waals surface area contributed by atoms with Gasteiger partial charge in [0, 0.05) is 42.5 Å². The summed E-state index contributed by atoms with van der Waals surface area (Å²) in [5, 5.41) is 5.01. The predicted octanol–water partition coefficient (Wildman–Crippen LogP) is 2.41. The first kappa shape index (κ1) is 17.0. The molecule has 2 aromatic heterocycles. The second-order valence-corrected chi connectivity index (χ2v) is 6.89. The molecule has 1 atom stereocenters. The Bertz CT molecular complexity index is 737. The molecular weight excluding hydrogens is 341 g/mol. The molecule has 3 rings (SSSR count). The Hall–Kier alpha value is -1.87. The van der Waals surface area contributed by atoms with E-state index in [4.69, 9.17) is 5.73 Å². The zero-order chi connectivity index (χ0) is 17.3. The molecule has 0 fully saturated rings. The zero-order valence-corrected chi connectivity index (χ0v) is 13.6. The molecule has 0 radical (unpaired) electrons. The summed E-state index contributed by atoms with van der Waals surface area (Å²) >= 11 is 1.46. The summed E-state index contributed by atoms with van der Waals surface area (Å²) in [5.41, 5.74) is 4.89. The van der Waals surface area contributed by atoms with Crippen LogP contribution >= 0.6 is 11.3 Å². The number of nitrogens with zero attached hydrogens (tertiary/aromatic N) is 2. The molecule has 130 valence electrons. The molecule has 0 aromatic carbocycles. The standard InChI is InChI=1S/C15H17F3N4OS/c16-15(17,18)12-7-22-6-9(1-2-13(22)21-12)4-20-5-11-3-10(8-24-11)14(19)23/h3,7-9,20H,1-2,4-6H2,(H2,19,23)/t9-/m0/s1. The molecule has 0 aliphatic carbocycles. The number of rotatable bonds is 5. The third-order valence-corrected chi connectivity index (χ3v) is 4.99. The molecule has 24 heavy (non-hydrogen) atoms. The average molecular weight is 358 g/mol. The van der Waals surface area contributed by atoms with E-state index in [1.165, 1.54) is 11.3 Å². The van der Waals surface area contributed by atoms with Crippen LogP contribution in [0.2, 0.25) is 0 Å². The highest BCUT2D eigenvalue weighted by atomic mass is 32.1. The molecule has 2 aromatic rings. The van der Waals surface area contributed by atoms with Gasteiger partial charge in [-0.2, -0.15) is 13.2 Å². The Kier molecular flexibility index (Phi) is 4.64. The second-order valence-electron chi connectivity index (χ2n) is 5.89. The summed E-state index contributed by atoms with van der Waals surface area (Å²) in [6.45, 7) is 1.84. The van der Waals surface area contributed by atoms with Gasteiger partial charge in [0.1, 0.15) is 5.82 Å². The van der Waals surface area contributed by atoms with Crippen LogP contribution < -0.4 is 11.1 Å². The minimum Gasteiger partial charge on any atom is -0.366 e. The predicted molar refractivity (Wildman–Crippen MR) is 83.6 cm³/mol. The summed E-state index contributed by atoms with van der Waals surface area (Å²) in [7, 11) is 0. The van der Waals surface area contributed by atoms with E-state index in [2.05, 4.69) is 10.3 Å². The molecule has 0 saturated heterocycles. The molecule has 1 amide bonds. The molecule has 9 heteroatoms. The number of thiophene rings is 1. The molecular formula is C15H17F3N4OS. The first-order valence-electron chi connectivity index (χ1n) is 7.54. The monoisotopic (exact) mass is 358 g/mol. The highest BCUT2D eigenvalue weighted by molar-refractivity contribution is 7.10. The normalized spacial score (nSPS) is 17.7. The largest absolute Gasteiger partial charge is 0.434 e. The van der Waals surface area contributed by atoms with Crippen molar-refractivity contribution in [3.8, 4) is 0 Å². The number of aromatic nitrogens is 2. The maximum absolute atomic E-state index is 12.7. The van der Waals surface area contributed by atoms with Crippen molar-refractivity contribution in [2.75, 3.05) is 6.54 Å². The quantitative estimate of drug-likeness (QED) is 0.862. The Morgan fingerprint density at radius 3 is 2.96 bits per heavy atom. The van der Waals surface area contributed by atoms with E-state index in [9.17, 15) is 18.0 Å². The van der Waals surface area contributed by atoms with Crippen LogP contribution in [-0.4, -0.2) is 22.0 Å². The summed E-state index contributed by atoms with van der Waals surface area (Å²) < 4.78 is 39.7. The Balaban J connectivity index is 1.52. The highest BCUT2D eigenvalue weighted by Crippen LogP contribution is 2.30. The number of carbonyl (C=O) groups is 1. The van der Waals surface area contributed by atoms with Crippen molar-refractivity contribution in [2.24, 2.45) is 11.7 Å². The Labute approximate surface area is 140 Å². The molecule has 1 aliphatic rings. The molecule has 0 bridgehead atoms. The summed E-state index contributed by atoms with van der Waals surface area (Å²) in [5.74, 6) is 0.309. The lowest BCUT2D eigenvalue weighted by Crippen LogP contribution is -2.29. The lowest BCUT2D eigenvalue weighted by molar-refractivity contribution is -0.141. The van der Waals surface area contributed by atoms with Crippen molar-refractivity contribution in [1.82, 2.24) is 14.9 Å². The van der Waals surface area contributed by atoms with E-state index in [0.29, 0.717) is 37.4 Å². The van der Waals surface area contributed by atoms with Gasteiger partial charge in [-0.15, -0.1) is 11.3 Å². The molecule has 1 aliphatic heterocycles. The van der Waals surface area contributed by atoms with Crippen LogP contribution in [0, 0.1) is 5.92 Å². The van der Waals surface area contributed by atoms with Gasteiger partial charge in [-0.3, -0.25) is 4.79 Å². The molecule has 3 heterocycles. The minimum absolute atomic E-state index is 0.253. The van der Waals surface area contributed by atoms with Crippen LogP contribution in [0.5, 0.6) is 0 Å². The first-order chi connectivity index (χ1) is 11.3. The van der Waals surface area contributed by atoms with Crippen molar-refractivity contribution >= 4 is 17.2 Å². The fourth-order valence-electron chi connectivity index (χ4n) is 2.82. The van der Waals surface area contributed by atoms with Crippen molar-refractivity contribution in [3.63, 3.8) is 0 Å². The van der Waals surface area contributed by atoms with E-state index in [1.54, 1.807) is 16.0 Å². The van der Waals surface area contributed by atoms with Gasteiger partial charge in [0.05, 0.1) is 5.56 Å². The van der Waals surface area contributed by atoms with Crippen LogP contribution in [0.4, 0.5) is 13.2 Å². The molecule has 0 saturated carbocycles. The van der Waals surface area contributed by atoms with E-state index < -0.39 is 17.8 Å². The molecule has 3 N–H and O–H groups in total. The van der Waals surface area contributed by atoms with Gasteiger partial charge in [-0.1, -0.05) is 0 Å². The zero-order valence-electron chi connectivity index (χ0n) is 12.8. The van der Waals surface area contributed by atoms with E-state index in [-0.39, 0.29) is 5.92 Å². The SMILES string of the molecule is NC(=O)c1csc(CNC[C@@H]2CCc3nc(C(F)(F)F)cn3C2)c1. The van der Waals surface area contributed by atoms with E-state index in [0.717, 1.165) is 17.5 Å². The number of imidazole rings is 1. The smallest absolute Gasteiger partial charge is 0.366 e. The number of fused-ring (bicyclic) bond motifs is 1. The number of aryl methyl sites for hydroxylation is 1. The number of amides is 1. The van der Waals surface area contributed by atoms with Gasteiger partial charge in [0.2, 0.25) is 5.91 Å². The highest BCUT2D eigenvalue weighted by Gasteiger charge is 2.35. The van der Waals surface area contributed by atoms with Crippen molar-refractivity contribution in [2.45, 2.75) is 32.1 Å². The number of hydrogen-bond donors (Lipinski definition) is 2. The van der Waals surface area contributed by atoms with Crippen molar-refractivity contribution in [3.05, 3.63) is 39.6 Å². The lowest BCUT2D eigenvalue weighted by atomic mass is 9.99. The number of primary amides is 1. The average Bonchev–Trinajstić information content (AvgIpc) is 3.12. The summed E-state index contributed by atoms with van der Waals surface area (Å²) in [6, 6.07) is 1.75. The van der Waals surface area contributed by atoms with Crippen LogP contribution in [0.3, 0.4) is 0 Å². The van der Waals surface area contributed by atoms with Crippen molar-refractivity contribution in [1.29, 1.82) is 0 Å². The minimum atomic E-state index is -4.39. The van der Waals surface area contributed by atoms with Gasteiger partial charge in [-0.05, 0) is 18.4 Å². The van der Waals surface area contributed by atoms with Crippen LogP contribution in [0.25, 0.3) is 0 Å². The van der Waals surface area contributed by atoms with Crippen molar-refractivity contribution < 1.29 is 18.0 Å². The molecule has 5 nitrogen and oxygen atoms in total. The summed E-state index contributed by atoms with van der Waals surface area (Å²) in [6.07, 6.45) is -1.94. The maximum atomic E-state index is 12.7. The maximum Gasteiger partial charge on any atom is 0.434 e. The molecule has 0 unspecified atom stereocenters. The second kappa shape index (κ2) is 6.56. The number of nitrogens with two attached hydrogens (primary N) is 1. The van der Waals surface area contributed by atoms with Crippen LogP contribution in [-0.2, 0) is 25.7 Å². The number of alkyl halides is 3. The fourth-order valence-corrected chi connectivity index (χ4v) is 3.66. The van der Waals surface area contributed by atoms with Gasteiger partial charge in [-0.25, -0.2) is 4.98 Å². The van der Waals surface area contributed by atoms with Gasteiger partial charge < -0.3 is 15.6 Å². The van der Waals surface area contributed by atoms with Crippen LogP contribution in [0.15, 0.2) is 17.6 Å². The third kappa shape index (κ3) is 3.78.